The van der Waals surface area contributed by atoms with Crippen molar-refractivity contribution in [3.8, 4) is 0 Å². The standard InChI is InChI=1S/C14H7NO7S/c16-13-9-3-1-7(15(18)19)5-11(9)14(17)12-6-8(23(20,21)22)2-4-10(12)13/h1-6H,(H,20,21,22). The first-order valence-corrected chi connectivity index (χ1v) is 7.63. The summed E-state index contributed by atoms with van der Waals surface area (Å²) >= 11 is 0. The van der Waals surface area contributed by atoms with Crippen LogP contribution < -0.4 is 0 Å². The molecule has 0 amide bonds. The Balaban J connectivity index is 2.25. The van der Waals surface area contributed by atoms with Crippen molar-refractivity contribution in [2.75, 3.05) is 0 Å². The molecule has 0 bridgehead atoms. The summed E-state index contributed by atoms with van der Waals surface area (Å²) in [7, 11) is -4.55. The molecule has 23 heavy (non-hydrogen) atoms. The molecule has 0 fully saturated rings. The van der Waals surface area contributed by atoms with Crippen molar-refractivity contribution in [3.05, 3.63) is 68.8 Å². The van der Waals surface area contributed by atoms with Gasteiger partial charge in [0.25, 0.3) is 15.8 Å². The van der Waals surface area contributed by atoms with Crippen LogP contribution in [0.5, 0.6) is 0 Å². The van der Waals surface area contributed by atoms with Crippen LogP contribution in [0.3, 0.4) is 0 Å². The number of nitro groups is 1. The van der Waals surface area contributed by atoms with Crippen LogP contribution in [0, 0.1) is 10.1 Å². The lowest BCUT2D eigenvalue weighted by molar-refractivity contribution is -0.384. The van der Waals surface area contributed by atoms with Gasteiger partial charge in [-0.1, -0.05) is 0 Å². The van der Waals surface area contributed by atoms with E-state index in [0.29, 0.717) is 0 Å². The average Bonchev–Trinajstić information content (AvgIpc) is 2.50. The largest absolute Gasteiger partial charge is 0.294 e. The van der Waals surface area contributed by atoms with Crippen molar-refractivity contribution in [2.24, 2.45) is 0 Å². The lowest BCUT2D eigenvalue weighted by atomic mass is 9.84. The van der Waals surface area contributed by atoms with Gasteiger partial charge in [-0.15, -0.1) is 0 Å². The molecule has 0 spiro atoms. The van der Waals surface area contributed by atoms with Gasteiger partial charge in [0, 0.05) is 34.4 Å². The molecule has 2 aromatic rings. The number of non-ortho nitro benzene ring substituents is 1. The highest BCUT2D eigenvalue weighted by atomic mass is 32.2. The Hall–Kier alpha value is -2.91. The molecule has 3 rings (SSSR count). The molecule has 0 saturated heterocycles. The number of nitrogens with zero attached hydrogens (tertiary/aromatic N) is 1. The Kier molecular flexibility index (Phi) is 3.13. The summed E-state index contributed by atoms with van der Waals surface area (Å²) in [6, 6.07) is 6.29. The monoisotopic (exact) mass is 333 g/mol. The Morgan fingerprint density at radius 3 is 1.96 bits per heavy atom. The Labute approximate surface area is 129 Å². The molecular weight excluding hydrogens is 326 g/mol. The normalized spacial score (nSPS) is 13.4. The minimum atomic E-state index is -4.55. The molecule has 0 saturated carbocycles. The number of rotatable bonds is 2. The molecule has 0 aliphatic heterocycles. The van der Waals surface area contributed by atoms with E-state index in [1.165, 1.54) is 6.07 Å². The zero-order valence-corrected chi connectivity index (χ0v) is 12.0. The predicted octanol–water partition coefficient (Wildman–Crippen LogP) is 1.62. The number of fused-ring (bicyclic) bond motifs is 2. The lowest BCUT2D eigenvalue weighted by Crippen LogP contribution is -2.21. The Morgan fingerprint density at radius 1 is 0.870 bits per heavy atom. The predicted molar refractivity (Wildman–Crippen MR) is 76.2 cm³/mol. The second-order valence-corrected chi connectivity index (χ2v) is 6.25. The number of benzene rings is 2. The Morgan fingerprint density at radius 2 is 1.39 bits per heavy atom. The molecule has 1 aliphatic rings. The quantitative estimate of drug-likeness (QED) is 0.428. The van der Waals surface area contributed by atoms with Crippen molar-refractivity contribution >= 4 is 27.4 Å². The average molecular weight is 333 g/mol. The van der Waals surface area contributed by atoms with Crippen LogP contribution in [-0.4, -0.2) is 29.5 Å². The lowest BCUT2D eigenvalue weighted by Gasteiger charge is -2.17. The molecular formula is C14H7NO7S. The summed E-state index contributed by atoms with van der Waals surface area (Å²) in [6.07, 6.45) is 0. The van der Waals surface area contributed by atoms with Crippen LogP contribution in [0.15, 0.2) is 41.3 Å². The number of hydrogen-bond donors (Lipinski definition) is 1. The van der Waals surface area contributed by atoms with Crippen LogP contribution in [-0.2, 0) is 10.1 Å². The van der Waals surface area contributed by atoms with Crippen LogP contribution in [0.4, 0.5) is 5.69 Å². The van der Waals surface area contributed by atoms with E-state index in [-0.39, 0.29) is 27.9 Å². The maximum atomic E-state index is 12.5. The molecule has 1 N–H and O–H groups in total. The third-order valence-electron chi connectivity index (χ3n) is 3.48. The first kappa shape index (κ1) is 15.0. The summed E-state index contributed by atoms with van der Waals surface area (Å²) in [4.78, 5) is 34.4. The van der Waals surface area contributed by atoms with E-state index in [2.05, 4.69) is 0 Å². The number of nitro benzene ring substituents is 1. The summed E-state index contributed by atoms with van der Waals surface area (Å²) < 4.78 is 31.4. The van der Waals surface area contributed by atoms with E-state index in [9.17, 15) is 28.1 Å². The van der Waals surface area contributed by atoms with Crippen LogP contribution in [0.1, 0.15) is 31.8 Å². The summed E-state index contributed by atoms with van der Waals surface area (Å²) in [5.41, 5.74) is -0.780. The van der Waals surface area contributed by atoms with Crippen molar-refractivity contribution in [1.82, 2.24) is 0 Å². The van der Waals surface area contributed by atoms with Gasteiger partial charge < -0.3 is 0 Å². The SMILES string of the molecule is O=C1c2ccc([N+](=O)[O-])cc2C(=O)c2cc(S(=O)(=O)O)ccc21. The molecule has 0 heterocycles. The van der Waals surface area contributed by atoms with E-state index in [0.717, 1.165) is 30.3 Å². The van der Waals surface area contributed by atoms with Crippen molar-refractivity contribution in [1.29, 1.82) is 0 Å². The van der Waals surface area contributed by atoms with E-state index in [4.69, 9.17) is 4.55 Å². The topological polar surface area (TPSA) is 132 Å². The molecule has 9 heteroatoms. The van der Waals surface area contributed by atoms with Crippen LogP contribution in [0.2, 0.25) is 0 Å². The number of hydrogen-bond acceptors (Lipinski definition) is 6. The third kappa shape index (κ3) is 2.31. The van der Waals surface area contributed by atoms with E-state index < -0.39 is 31.5 Å². The van der Waals surface area contributed by atoms with Gasteiger partial charge in [0.05, 0.1) is 9.82 Å². The van der Waals surface area contributed by atoms with E-state index in [1.54, 1.807) is 0 Å². The van der Waals surface area contributed by atoms with Crippen LogP contribution in [0.25, 0.3) is 0 Å². The van der Waals surface area contributed by atoms with Crippen molar-refractivity contribution in [3.63, 3.8) is 0 Å². The zero-order chi connectivity index (χ0) is 16.9. The second kappa shape index (κ2) is 4.80. The smallest absolute Gasteiger partial charge is 0.289 e. The van der Waals surface area contributed by atoms with Crippen LogP contribution >= 0.6 is 0 Å². The first-order valence-electron chi connectivity index (χ1n) is 6.19. The fraction of sp³-hybridized carbons (Fsp3) is 0. The number of carbonyl (C=O) groups is 2. The molecule has 2 aromatic carbocycles. The maximum Gasteiger partial charge on any atom is 0.294 e. The minimum Gasteiger partial charge on any atom is -0.289 e. The molecule has 8 nitrogen and oxygen atoms in total. The van der Waals surface area contributed by atoms with Gasteiger partial charge in [-0.25, -0.2) is 0 Å². The maximum absolute atomic E-state index is 12.5. The summed E-state index contributed by atoms with van der Waals surface area (Å²) in [5.74, 6) is -1.27. The summed E-state index contributed by atoms with van der Waals surface area (Å²) in [6.45, 7) is 0. The molecule has 0 aromatic heterocycles. The third-order valence-corrected chi connectivity index (χ3v) is 4.33. The first-order chi connectivity index (χ1) is 10.7. The molecule has 0 unspecified atom stereocenters. The van der Waals surface area contributed by atoms with Gasteiger partial charge in [-0.2, -0.15) is 8.42 Å². The highest BCUT2D eigenvalue weighted by Gasteiger charge is 2.32. The van der Waals surface area contributed by atoms with E-state index in [1.807, 2.05) is 0 Å². The molecule has 116 valence electrons. The summed E-state index contributed by atoms with van der Waals surface area (Å²) in [5, 5.41) is 10.8. The number of ketones is 2. The van der Waals surface area contributed by atoms with Gasteiger partial charge in [-0.05, 0) is 24.3 Å². The van der Waals surface area contributed by atoms with E-state index >= 15 is 0 Å². The molecule has 1 aliphatic carbocycles. The van der Waals surface area contributed by atoms with Crippen molar-refractivity contribution < 1.29 is 27.5 Å². The van der Waals surface area contributed by atoms with Gasteiger partial charge in [0.2, 0.25) is 0 Å². The zero-order valence-electron chi connectivity index (χ0n) is 11.2. The second-order valence-electron chi connectivity index (χ2n) is 4.83. The minimum absolute atomic E-state index is 0.00713. The highest BCUT2D eigenvalue weighted by molar-refractivity contribution is 7.85. The number of carbonyl (C=O) groups excluding carboxylic acids is 2. The Bertz CT molecular complexity index is 1010. The van der Waals surface area contributed by atoms with Gasteiger partial charge in [0.1, 0.15) is 0 Å². The highest BCUT2D eigenvalue weighted by Crippen LogP contribution is 2.31. The van der Waals surface area contributed by atoms with Gasteiger partial charge in [-0.3, -0.25) is 24.3 Å². The fourth-order valence-electron chi connectivity index (χ4n) is 2.39. The van der Waals surface area contributed by atoms with Gasteiger partial charge in [0.15, 0.2) is 11.6 Å². The fourth-order valence-corrected chi connectivity index (χ4v) is 2.90. The molecule has 0 radical (unpaired) electrons. The van der Waals surface area contributed by atoms with Gasteiger partial charge >= 0.3 is 0 Å². The van der Waals surface area contributed by atoms with Crippen molar-refractivity contribution in [2.45, 2.75) is 4.90 Å². The molecule has 0 atom stereocenters.